The van der Waals surface area contributed by atoms with E-state index >= 15 is 0 Å². The van der Waals surface area contributed by atoms with E-state index in [4.69, 9.17) is 0 Å². The standard InChI is InChI=1S/C19H23FN6O3/c1-4-14(27)21-9-10-22-18-23-16-15(17(28)25(3)19(29)24(16)2)26(18)11-12-7-5-6-8-13(12)20/h5-8H,4,9-11H2,1-3H3,(H,21,27)(H,22,23). The van der Waals surface area contributed by atoms with Crippen molar-refractivity contribution in [2.75, 3.05) is 18.4 Å². The maximum atomic E-state index is 14.2. The van der Waals surface area contributed by atoms with Crippen LogP contribution in [0.25, 0.3) is 11.2 Å². The molecule has 1 amide bonds. The molecule has 0 radical (unpaired) electrons. The van der Waals surface area contributed by atoms with E-state index in [0.717, 1.165) is 4.57 Å². The molecule has 9 nitrogen and oxygen atoms in total. The second-order valence-corrected chi connectivity index (χ2v) is 6.62. The van der Waals surface area contributed by atoms with Gasteiger partial charge in [0, 0.05) is 39.2 Å². The summed E-state index contributed by atoms with van der Waals surface area (Å²) in [6.07, 6.45) is 0.379. The van der Waals surface area contributed by atoms with Crippen molar-refractivity contribution in [2.45, 2.75) is 19.9 Å². The van der Waals surface area contributed by atoms with Crippen LogP contribution in [0, 0.1) is 5.82 Å². The molecule has 0 unspecified atom stereocenters. The van der Waals surface area contributed by atoms with Gasteiger partial charge in [0.05, 0.1) is 6.54 Å². The number of hydrogen-bond acceptors (Lipinski definition) is 5. The summed E-state index contributed by atoms with van der Waals surface area (Å²) in [5, 5.41) is 5.80. The summed E-state index contributed by atoms with van der Waals surface area (Å²) in [6.45, 7) is 2.51. The van der Waals surface area contributed by atoms with Crippen molar-refractivity contribution in [1.29, 1.82) is 0 Å². The molecule has 0 atom stereocenters. The Morgan fingerprint density at radius 2 is 1.86 bits per heavy atom. The lowest BCUT2D eigenvalue weighted by Crippen LogP contribution is -2.37. The molecule has 0 aliphatic heterocycles. The summed E-state index contributed by atoms with van der Waals surface area (Å²) in [4.78, 5) is 40.8. The maximum Gasteiger partial charge on any atom is 0.332 e. The predicted octanol–water partition coefficient (Wildman–Crippen LogP) is 0.559. The quantitative estimate of drug-likeness (QED) is 0.562. The van der Waals surface area contributed by atoms with Gasteiger partial charge in [0.15, 0.2) is 11.2 Å². The van der Waals surface area contributed by atoms with Crippen LogP contribution >= 0.6 is 0 Å². The summed E-state index contributed by atoms with van der Waals surface area (Å²) in [7, 11) is 2.91. The van der Waals surface area contributed by atoms with Crippen LogP contribution in [0.15, 0.2) is 33.9 Å². The monoisotopic (exact) mass is 402 g/mol. The number of fused-ring (bicyclic) bond motifs is 1. The van der Waals surface area contributed by atoms with Gasteiger partial charge in [0.1, 0.15) is 5.82 Å². The van der Waals surface area contributed by atoms with E-state index in [2.05, 4.69) is 15.6 Å². The SMILES string of the molecule is CCC(=O)NCCNc1nc2c(c(=O)n(C)c(=O)n2C)n1Cc1ccccc1F. The number of nitrogens with one attached hydrogen (secondary N) is 2. The average Bonchev–Trinajstić information content (AvgIpc) is 3.07. The molecule has 0 spiro atoms. The van der Waals surface area contributed by atoms with E-state index in [1.54, 1.807) is 29.7 Å². The molecule has 2 heterocycles. The van der Waals surface area contributed by atoms with Gasteiger partial charge in [-0.15, -0.1) is 0 Å². The highest BCUT2D eigenvalue weighted by molar-refractivity contribution is 5.76. The molecule has 0 aliphatic rings. The number of nitrogens with zero attached hydrogens (tertiary/aromatic N) is 4. The third-order valence-electron chi connectivity index (χ3n) is 4.69. The average molecular weight is 402 g/mol. The van der Waals surface area contributed by atoms with Crippen molar-refractivity contribution >= 4 is 23.0 Å². The fourth-order valence-corrected chi connectivity index (χ4v) is 3.03. The topological polar surface area (TPSA) is 103 Å². The number of aryl methyl sites for hydroxylation is 1. The molecule has 2 N–H and O–H groups in total. The molecular weight excluding hydrogens is 379 g/mol. The zero-order valence-corrected chi connectivity index (χ0v) is 16.5. The molecule has 2 aromatic heterocycles. The van der Waals surface area contributed by atoms with Crippen LogP contribution in [-0.4, -0.2) is 37.7 Å². The van der Waals surface area contributed by atoms with Crippen LogP contribution in [0.3, 0.4) is 0 Å². The van der Waals surface area contributed by atoms with Crippen LogP contribution in [-0.2, 0) is 25.4 Å². The largest absolute Gasteiger partial charge is 0.354 e. The van der Waals surface area contributed by atoms with Crippen molar-refractivity contribution in [2.24, 2.45) is 14.1 Å². The summed E-state index contributed by atoms with van der Waals surface area (Å²) in [5.74, 6) is -0.174. The first-order chi connectivity index (χ1) is 13.8. The Hall–Kier alpha value is -3.43. The fraction of sp³-hybridized carbons (Fsp3) is 0.368. The Morgan fingerprint density at radius 3 is 2.55 bits per heavy atom. The van der Waals surface area contributed by atoms with Gasteiger partial charge in [-0.2, -0.15) is 4.98 Å². The number of benzene rings is 1. The number of rotatable bonds is 7. The van der Waals surface area contributed by atoms with E-state index in [9.17, 15) is 18.8 Å². The van der Waals surface area contributed by atoms with Gasteiger partial charge < -0.3 is 10.6 Å². The Bertz CT molecular complexity index is 1180. The Kier molecular flexibility index (Phi) is 5.81. The number of halogens is 1. The Balaban J connectivity index is 2.06. The third-order valence-corrected chi connectivity index (χ3v) is 4.69. The van der Waals surface area contributed by atoms with E-state index in [-0.39, 0.29) is 23.6 Å². The molecular formula is C19H23FN6O3. The summed E-state index contributed by atoms with van der Waals surface area (Å²) >= 11 is 0. The highest BCUT2D eigenvalue weighted by Crippen LogP contribution is 2.19. The minimum Gasteiger partial charge on any atom is -0.354 e. The van der Waals surface area contributed by atoms with Gasteiger partial charge >= 0.3 is 5.69 Å². The molecule has 0 saturated heterocycles. The second-order valence-electron chi connectivity index (χ2n) is 6.62. The van der Waals surface area contributed by atoms with Crippen LogP contribution in [0.2, 0.25) is 0 Å². The van der Waals surface area contributed by atoms with Crippen LogP contribution < -0.4 is 21.9 Å². The number of amides is 1. The lowest BCUT2D eigenvalue weighted by atomic mass is 10.2. The molecule has 0 saturated carbocycles. The highest BCUT2D eigenvalue weighted by atomic mass is 19.1. The highest BCUT2D eigenvalue weighted by Gasteiger charge is 2.20. The molecule has 29 heavy (non-hydrogen) atoms. The fourth-order valence-electron chi connectivity index (χ4n) is 3.03. The Labute approximate surface area is 165 Å². The van der Waals surface area contributed by atoms with E-state index in [0.29, 0.717) is 31.0 Å². The van der Waals surface area contributed by atoms with Crippen molar-refractivity contribution in [3.8, 4) is 0 Å². The maximum absolute atomic E-state index is 14.2. The van der Waals surface area contributed by atoms with Crippen molar-refractivity contribution < 1.29 is 9.18 Å². The van der Waals surface area contributed by atoms with Crippen molar-refractivity contribution in [1.82, 2.24) is 24.0 Å². The third kappa shape index (κ3) is 3.91. The molecule has 1 aromatic carbocycles. The number of anilines is 1. The van der Waals surface area contributed by atoms with E-state index in [1.807, 2.05) is 0 Å². The lowest BCUT2D eigenvalue weighted by Gasteiger charge is -2.12. The van der Waals surface area contributed by atoms with Crippen LogP contribution in [0.5, 0.6) is 0 Å². The molecule has 10 heteroatoms. The number of imidazole rings is 1. The number of carbonyl (C=O) groups excluding carboxylic acids is 1. The summed E-state index contributed by atoms with van der Waals surface area (Å²) in [5.41, 5.74) is -0.239. The van der Waals surface area contributed by atoms with Gasteiger partial charge in [0.25, 0.3) is 5.56 Å². The molecule has 3 aromatic rings. The van der Waals surface area contributed by atoms with Crippen molar-refractivity contribution in [3.63, 3.8) is 0 Å². The molecule has 0 fully saturated rings. The summed E-state index contributed by atoms with van der Waals surface area (Å²) in [6, 6.07) is 6.26. The second kappa shape index (κ2) is 8.29. The normalized spacial score (nSPS) is 11.0. The minimum atomic E-state index is -0.515. The van der Waals surface area contributed by atoms with E-state index in [1.165, 1.54) is 24.7 Å². The smallest absolute Gasteiger partial charge is 0.332 e. The summed E-state index contributed by atoms with van der Waals surface area (Å²) < 4.78 is 18.1. The number of aromatic nitrogens is 4. The molecule has 154 valence electrons. The zero-order chi connectivity index (χ0) is 21.1. The first kappa shape index (κ1) is 20.3. The van der Waals surface area contributed by atoms with Crippen LogP contribution in [0.1, 0.15) is 18.9 Å². The molecule has 0 aliphatic carbocycles. The predicted molar refractivity (Wildman–Crippen MR) is 108 cm³/mol. The van der Waals surface area contributed by atoms with Gasteiger partial charge in [-0.1, -0.05) is 25.1 Å². The number of carbonyl (C=O) groups is 1. The number of hydrogen-bond donors (Lipinski definition) is 2. The van der Waals surface area contributed by atoms with Gasteiger partial charge in [0.2, 0.25) is 11.9 Å². The van der Waals surface area contributed by atoms with Gasteiger partial charge in [-0.05, 0) is 6.07 Å². The lowest BCUT2D eigenvalue weighted by molar-refractivity contribution is -0.120. The van der Waals surface area contributed by atoms with E-state index < -0.39 is 17.1 Å². The van der Waals surface area contributed by atoms with Crippen LogP contribution in [0.4, 0.5) is 10.3 Å². The zero-order valence-electron chi connectivity index (χ0n) is 16.5. The van der Waals surface area contributed by atoms with Gasteiger partial charge in [-0.3, -0.25) is 23.3 Å². The van der Waals surface area contributed by atoms with Crippen molar-refractivity contribution in [3.05, 3.63) is 56.5 Å². The first-order valence-corrected chi connectivity index (χ1v) is 9.25. The van der Waals surface area contributed by atoms with Gasteiger partial charge in [-0.25, -0.2) is 9.18 Å². The molecule has 3 rings (SSSR count). The minimum absolute atomic E-state index is 0.0558. The first-order valence-electron chi connectivity index (χ1n) is 9.25. The Morgan fingerprint density at radius 1 is 1.14 bits per heavy atom. The molecule has 0 bridgehead atoms.